The molecule has 0 aliphatic heterocycles. The van der Waals surface area contributed by atoms with Crippen molar-refractivity contribution >= 4 is 17.3 Å². The fourth-order valence-corrected chi connectivity index (χ4v) is 2.10. The number of nitrogens with zero attached hydrogens (tertiary/aromatic N) is 2. The normalized spacial score (nSPS) is 10.2. The van der Waals surface area contributed by atoms with Gasteiger partial charge >= 0.3 is 5.97 Å². The summed E-state index contributed by atoms with van der Waals surface area (Å²) in [6.45, 7) is 2.52. The van der Waals surface area contributed by atoms with Crippen LogP contribution in [0, 0.1) is 6.92 Å². The van der Waals surface area contributed by atoms with E-state index in [1.54, 1.807) is 12.3 Å². The van der Waals surface area contributed by atoms with E-state index in [4.69, 9.17) is 10.5 Å². The molecule has 0 aliphatic rings. The van der Waals surface area contributed by atoms with Crippen molar-refractivity contribution in [1.29, 1.82) is 0 Å². The molecule has 0 spiro atoms. The van der Waals surface area contributed by atoms with E-state index >= 15 is 0 Å². The Kier molecular flexibility index (Phi) is 4.42. The lowest BCUT2D eigenvalue weighted by molar-refractivity contribution is 0.0602. The van der Waals surface area contributed by atoms with Crippen LogP contribution >= 0.6 is 0 Å². The summed E-state index contributed by atoms with van der Waals surface area (Å²) in [6, 6.07) is 9.49. The number of carbonyl (C=O) groups is 1. The Morgan fingerprint density at radius 2 is 2.14 bits per heavy atom. The summed E-state index contributed by atoms with van der Waals surface area (Å²) in [5, 5.41) is 0. The van der Waals surface area contributed by atoms with E-state index in [1.165, 1.54) is 7.11 Å². The van der Waals surface area contributed by atoms with Crippen molar-refractivity contribution in [1.82, 2.24) is 4.98 Å². The molecular formula is C16H19N3O2. The van der Waals surface area contributed by atoms with E-state index in [1.807, 2.05) is 43.1 Å². The van der Waals surface area contributed by atoms with E-state index < -0.39 is 5.97 Å². The average Bonchev–Trinajstić information content (AvgIpc) is 2.50. The van der Waals surface area contributed by atoms with E-state index in [0.717, 1.165) is 16.9 Å². The fraction of sp³-hybridized carbons (Fsp3) is 0.250. The molecule has 0 saturated carbocycles. The van der Waals surface area contributed by atoms with Crippen LogP contribution in [-0.4, -0.2) is 25.1 Å². The molecule has 0 atom stereocenters. The monoisotopic (exact) mass is 285 g/mol. The van der Waals surface area contributed by atoms with Crippen molar-refractivity contribution in [3.8, 4) is 0 Å². The molecule has 0 aliphatic carbocycles. The van der Waals surface area contributed by atoms with Gasteiger partial charge in [-0.15, -0.1) is 0 Å². The van der Waals surface area contributed by atoms with Gasteiger partial charge in [0.05, 0.1) is 24.9 Å². The van der Waals surface area contributed by atoms with Crippen LogP contribution in [0.1, 0.15) is 21.6 Å². The third kappa shape index (κ3) is 3.31. The van der Waals surface area contributed by atoms with Gasteiger partial charge in [-0.25, -0.2) is 4.79 Å². The minimum atomic E-state index is -0.427. The molecule has 0 radical (unpaired) electrons. The zero-order valence-electron chi connectivity index (χ0n) is 12.5. The second-order valence-corrected chi connectivity index (χ2v) is 4.89. The molecule has 21 heavy (non-hydrogen) atoms. The van der Waals surface area contributed by atoms with Crippen LogP contribution in [0.5, 0.6) is 0 Å². The van der Waals surface area contributed by atoms with E-state index in [0.29, 0.717) is 17.8 Å². The molecule has 1 heterocycles. The first-order valence-corrected chi connectivity index (χ1v) is 6.62. The molecule has 5 nitrogen and oxygen atoms in total. The highest BCUT2D eigenvalue weighted by molar-refractivity contribution is 5.97. The highest BCUT2D eigenvalue weighted by Gasteiger charge is 2.15. The number of esters is 1. The van der Waals surface area contributed by atoms with Crippen molar-refractivity contribution in [2.24, 2.45) is 0 Å². The second-order valence-electron chi connectivity index (χ2n) is 4.89. The van der Waals surface area contributed by atoms with Gasteiger partial charge in [-0.2, -0.15) is 0 Å². The second kappa shape index (κ2) is 6.26. The van der Waals surface area contributed by atoms with E-state index in [-0.39, 0.29) is 0 Å². The topological polar surface area (TPSA) is 68.5 Å². The minimum absolute atomic E-state index is 0.389. The van der Waals surface area contributed by atoms with Crippen LogP contribution in [0.25, 0.3) is 0 Å². The number of aryl methyl sites for hydroxylation is 1. The van der Waals surface area contributed by atoms with Gasteiger partial charge in [0.25, 0.3) is 0 Å². The molecule has 1 aromatic heterocycles. The number of hydrogen-bond acceptors (Lipinski definition) is 5. The fourth-order valence-electron chi connectivity index (χ4n) is 2.10. The predicted molar refractivity (Wildman–Crippen MR) is 83.3 cm³/mol. The Hall–Kier alpha value is -2.56. The maximum atomic E-state index is 11.8. The summed E-state index contributed by atoms with van der Waals surface area (Å²) in [5.74, 6) is -0.427. The number of aromatic nitrogens is 1. The van der Waals surface area contributed by atoms with Crippen LogP contribution in [-0.2, 0) is 11.3 Å². The summed E-state index contributed by atoms with van der Waals surface area (Å²) < 4.78 is 4.78. The summed E-state index contributed by atoms with van der Waals surface area (Å²) in [6.07, 6.45) is 1.76. The number of nitrogens with two attached hydrogens (primary N) is 1. The Morgan fingerprint density at radius 1 is 1.38 bits per heavy atom. The molecule has 0 amide bonds. The molecule has 2 N–H and O–H groups in total. The molecule has 0 saturated heterocycles. The van der Waals surface area contributed by atoms with Gasteiger partial charge in [-0.3, -0.25) is 4.98 Å². The number of methoxy groups -OCH3 is 1. The van der Waals surface area contributed by atoms with Gasteiger partial charge in [-0.1, -0.05) is 6.07 Å². The molecule has 5 heteroatoms. The maximum absolute atomic E-state index is 11.8. The van der Waals surface area contributed by atoms with Gasteiger partial charge in [0.2, 0.25) is 0 Å². The summed E-state index contributed by atoms with van der Waals surface area (Å²) in [5.41, 5.74) is 9.49. The molecule has 110 valence electrons. The third-order valence-corrected chi connectivity index (χ3v) is 3.34. The smallest absolute Gasteiger partial charge is 0.340 e. The van der Waals surface area contributed by atoms with Crippen LogP contribution in [0.3, 0.4) is 0 Å². The highest BCUT2D eigenvalue weighted by Crippen LogP contribution is 2.26. The average molecular weight is 285 g/mol. The number of benzene rings is 1. The van der Waals surface area contributed by atoms with Crippen molar-refractivity contribution < 1.29 is 9.53 Å². The van der Waals surface area contributed by atoms with Gasteiger partial charge in [0.15, 0.2) is 0 Å². The first-order chi connectivity index (χ1) is 10.0. The summed E-state index contributed by atoms with van der Waals surface area (Å²) in [4.78, 5) is 18.1. The zero-order valence-corrected chi connectivity index (χ0v) is 12.5. The number of rotatable bonds is 4. The molecule has 0 unspecified atom stereocenters. The lowest BCUT2D eigenvalue weighted by Crippen LogP contribution is -2.18. The minimum Gasteiger partial charge on any atom is -0.465 e. The molecule has 1 aromatic carbocycles. The molecule has 2 rings (SSSR count). The lowest BCUT2D eigenvalue weighted by Gasteiger charge is -2.21. The van der Waals surface area contributed by atoms with Crippen molar-refractivity contribution in [3.05, 3.63) is 53.3 Å². The SMILES string of the molecule is COC(=O)c1cc(N(C)Cc2ccccn2)cc(C)c1N. The molecule has 0 bridgehead atoms. The molecule has 0 fully saturated rings. The maximum Gasteiger partial charge on any atom is 0.340 e. The van der Waals surface area contributed by atoms with Crippen molar-refractivity contribution in [2.45, 2.75) is 13.5 Å². The standard InChI is InChI=1S/C16H19N3O2/c1-11-8-13(9-14(15(11)17)16(20)21-3)19(2)10-12-6-4-5-7-18-12/h4-9H,10,17H2,1-3H3. The molecular weight excluding hydrogens is 266 g/mol. The Morgan fingerprint density at radius 3 is 2.76 bits per heavy atom. The van der Waals surface area contributed by atoms with Gasteiger partial charge in [0.1, 0.15) is 0 Å². The Balaban J connectivity index is 2.31. The van der Waals surface area contributed by atoms with Crippen LogP contribution in [0.4, 0.5) is 11.4 Å². The zero-order chi connectivity index (χ0) is 15.4. The lowest BCUT2D eigenvalue weighted by atomic mass is 10.1. The number of ether oxygens (including phenoxy) is 1. The first kappa shape index (κ1) is 14.8. The Labute approximate surface area is 124 Å². The van der Waals surface area contributed by atoms with Crippen molar-refractivity contribution in [3.63, 3.8) is 0 Å². The van der Waals surface area contributed by atoms with E-state index in [2.05, 4.69) is 4.98 Å². The summed E-state index contributed by atoms with van der Waals surface area (Å²) >= 11 is 0. The number of hydrogen-bond donors (Lipinski definition) is 1. The number of anilines is 2. The van der Waals surface area contributed by atoms with Gasteiger partial charge in [0, 0.05) is 24.6 Å². The first-order valence-electron chi connectivity index (χ1n) is 6.62. The highest BCUT2D eigenvalue weighted by atomic mass is 16.5. The third-order valence-electron chi connectivity index (χ3n) is 3.34. The largest absolute Gasteiger partial charge is 0.465 e. The number of nitrogen functional groups attached to an aromatic ring is 1. The summed E-state index contributed by atoms with van der Waals surface area (Å²) in [7, 11) is 3.29. The van der Waals surface area contributed by atoms with E-state index in [9.17, 15) is 4.79 Å². The quantitative estimate of drug-likeness (QED) is 0.690. The van der Waals surface area contributed by atoms with Crippen LogP contribution < -0.4 is 10.6 Å². The molecule has 2 aromatic rings. The Bertz CT molecular complexity index is 641. The number of carbonyl (C=O) groups excluding carboxylic acids is 1. The predicted octanol–water partition coefficient (Wildman–Crippen LogP) is 2.40. The van der Waals surface area contributed by atoms with Crippen LogP contribution in [0.2, 0.25) is 0 Å². The van der Waals surface area contributed by atoms with Gasteiger partial charge < -0.3 is 15.4 Å². The van der Waals surface area contributed by atoms with Crippen molar-refractivity contribution in [2.75, 3.05) is 24.8 Å². The van der Waals surface area contributed by atoms with Gasteiger partial charge in [-0.05, 0) is 36.8 Å². The number of pyridine rings is 1. The van der Waals surface area contributed by atoms with Crippen LogP contribution in [0.15, 0.2) is 36.5 Å².